The third-order valence-corrected chi connectivity index (χ3v) is 2.04. The molecule has 1 aromatic carbocycles. The number of aryl methyl sites for hydroxylation is 1. The summed E-state index contributed by atoms with van der Waals surface area (Å²) in [5, 5.41) is 13.0. The highest BCUT2D eigenvalue weighted by Gasteiger charge is 2.10. The molecule has 15 heavy (non-hydrogen) atoms. The lowest BCUT2D eigenvalue weighted by Gasteiger charge is -2.04. The van der Waals surface area contributed by atoms with Crippen molar-refractivity contribution in [1.82, 2.24) is 0 Å². The van der Waals surface area contributed by atoms with Gasteiger partial charge in [0.15, 0.2) is 0 Å². The number of halogens is 1. The molecule has 0 aliphatic carbocycles. The molecule has 1 aromatic rings. The average molecular weight is 229 g/mol. The van der Waals surface area contributed by atoms with Crippen molar-refractivity contribution in [3.05, 3.63) is 33.9 Å². The molecule has 0 atom stereocenters. The van der Waals surface area contributed by atoms with Gasteiger partial charge in [0.05, 0.1) is 4.92 Å². The van der Waals surface area contributed by atoms with Crippen LogP contribution in [-0.2, 0) is 4.79 Å². The van der Waals surface area contributed by atoms with E-state index in [9.17, 15) is 14.9 Å². The van der Waals surface area contributed by atoms with Crippen LogP contribution in [0.5, 0.6) is 0 Å². The molecule has 6 heteroatoms. The first kappa shape index (κ1) is 11.5. The Hall–Kier alpha value is -1.62. The van der Waals surface area contributed by atoms with E-state index in [1.165, 1.54) is 18.2 Å². The molecule has 0 aliphatic rings. The van der Waals surface area contributed by atoms with Crippen LogP contribution >= 0.6 is 11.6 Å². The molecule has 0 radical (unpaired) electrons. The minimum absolute atomic E-state index is 0.0267. The van der Waals surface area contributed by atoms with Gasteiger partial charge in [0.25, 0.3) is 5.69 Å². The summed E-state index contributed by atoms with van der Waals surface area (Å²) >= 11 is 5.30. The maximum atomic E-state index is 10.9. The van der Waals surface area contributed by atoms with Gasteiger partial charge >= 0.3 is 0 Å². The number of hydrogen-bond donors (Lipinski definition) is 1. The second kappa shape index (κ2) is 4.75. The minimum atomic E-state index is -0.470. The van der Waals surface area contributed by atoms with E-state index in [0.717, 1.165) is 0 Å². The number of nitrogens with one attached hydrogen (secondary N) is 1. The van der Waals surface area contributed by atoms with Crippen molar-refractivity contribution in [2.45, 2.75) is 6.92 Å². The molecule has 1 rings (SSSR count). The molecular weight excluding hydrogens is 220 g/mol. The molecule has 0 aliphatic heterocycles. The molecule has 1 N–H and O–H groups in total. The Morgan fingerprint density at radius 3 is 2.73 bits per heavy atom. The number of hydrogen-bond acceptors (Lipinski definition) is 3. The van der Waals surface area contributed by atoms with Gasteiger partial charge < -0.3 is 5.32 Å². The van der Waals surface area contributed by atoms with Gasteiger partial charge in [0.2, 0.25) is 5.91 Å². The second-order valence-corrected chi connectivity index (χ2v) is 3.21. The summed E-state index contributed by atoms with van der Waals surface area (Å²) in [6.07, 6.45) is 0. The molecule has 0 saturated carbocycles. The Bertz CT molecular complexity index is 406. The maximum absolute atomic E-state index is 10.9. The highest BCUT2D eigenvalue weighted by molar-refractivity contribution is 6.29. The quantitative estimate of drug-likeness (QED) is 0.489. The molecule has 0 aromatic heterocycles. The maximum Gasteiger partial charge on any atom is 0.272 e. The zero-order valence-corrected chi connectivity index (χ0v) is 8.75. The van der Waals surface area contributed by atoms with Crippen LogP contribution in [0.15, 0.2) is 18.2 Å². The first-order valence-electron chi connectivity index (χ1n) is 4.15. The zero-order chi connectivity index (χ0) is 11.4. The number of nitro benzene ring substituents is 1. The number of anilines is 1. The predicted molar refractivity (Wildman–Crippen MR) is 57.2 cm³/mol. The van der Waals surface area contributed by atoms with Crippen molar-refractivity contribution in [1.29, 1.82) is 0 Å². The summed E-state index contributed by atoms with van der Waals surface area (Å²) < 4.78 is 0. The summed E-state index contributed by atoms with van der Waals surface area (Å²) in [4.78, 5) is 21.0. The van der Waals surface area contributed by atoms with Crippen LogP contribution in [0.2, 0.25) is 0 Å². The number of carbonyl (C=O) groups excluding carboxylic acids is 1. The summed E-state index contributed by atoms with van der Waals surface area (Å²) in [5.74, 6) is -0.485. The minimum Gasteiger partial charge on any atom is -0.325 e. The molecule has 1 amide bonds. The second-order valence-electron chi connectivity index (χ2n) is 2.94. The van der Waals surface area contributed by atoms with E-state index in [1.54, 1.807) is 6.92 Å². The fraction of sp³-hybridized carbons (Fsp3) is 0.222. The van der Waals surface area contributed by atoms with Gasteiger partial charge in [0.1, 0.15) is 5.88 Å². The number of nitrogens with zero attached hydrogens (tertiary/aromatic N) is 1. The van der Waals surface area contributed by atoms with E-state index in [-0.39, 0.29) is 17.5 Å². The van der Waals surface area contributed by atoms with Crippen molar-refractivity contribution in [2.24, 2.45) is 0 Å². The van der Waals surface area contributed by atoms with Gasteiger partial charge in [-0.2, -0.15) is 0 Å². The van der Waals surface area contributed by atoms with Crippen LogP contribution in [0, 0.1) is 17.0 Å². The van der Waals surface area contributed by atoms with E-state index in [4.69, 9.17) is 11.6 Å². The first-order valence-corrected chi connectivity index (χ1v) is 4.69. The van der Waals surface area contributed by atoms with Gasteiger partial charge in [-0.25, -0.2) is 0 Å². The first-order chi connectivity index (χ1) is 7.04. The number of rotatable bonds is 3. The summed E-state index contributed by atoms with van der Waals surface area (Å²) in [7, 11) is 0. The molecule has 0 heterocycles. The van der Waals surface area contributed by atoms with Crippen molar-refractivity contribution in [2.75, 3.05) is 11.2 Å². The van der Waals surface area contributed by atoms with Crippen LogP contribution in [-0.4, -0.2) is 16.7 Å². The molecular formula is C9H9ClN2O3. The number of nitro groups is 1. The third-order valence-electron chi connectivity index (χ3n) is 1.80. The highest BCUT2D eigenvalue weighted by Crippen LogP contribution is 2.21. The monoisotopic (exact) mass is 228 g/mol. The Morgan fingerprint density at radius 1 is 1.60 bits per heavy atom. The van der Waals surface area contributed by atoms with E-state index in [1.807, 2.05) is 0 Å². The van der Waals surface area contributed by atoms with Crippen LogP contribution in [0.4, 0.5) is 11.4 Å². The van der Waals surface area contributed by atoms with E-state index in [2.05, 4.69) is 5.32 Å². The van der Waals surface area contributed by atoms with Crippen molar-refractivity contribution in [3.8, 4) is 0 Å². The third kappa shape index (κ3) is 2.92. The van der Waals surface area contributed by atoms with E-state index < -0.39 is 4.92 Å². The summed E-state index contributed by atoms with van der Waals surface area (Å²) in [6.45, 7) is 1.61. The van der Waals surface area contributed by atoms with Gasteiger partial charge in [0, 0.05) is 17.3 Å². The lowest BCUT2D eigenvalue weighted by atomic mass is 10.2. The predicted octanol–water partition coefficient (Wildman–Crippen LogP) is 2.08. The summed E-state index contributed by atoms with van der Waals surface area (Å²) in [5.41, 5.74) is 1.02. The summed E-state index contributed by atoms with van der Waals surface area (Å²) in [6, 6.07) is 4.34. The van der Waals surface area contributed by atoms with Gasteiger partial charge in [-0.05, 0) is 19.1 Å². The Morgan fingerprint density at radius 2 is 2.27 bits per heavy atom. The number of amides is 1. The highest BCUT2D eigenvalue weighted by atomic mass is 35.5. The van der Waals surface area contributed by atoms with Crippen LogP contribution in [0.1, 0.15) is 5.56 Å². The fourth-order valence-electron chi connectivity index (χ4n) is 1.13. The van der Waals surface area contributed by atoms with Crippen LogP contribution in [0.3, 0.4) is 0 Å². The Balaban J connectivity index is 2.91. The SMILES string of the molecule is Cc1cc(NC(=O)CCl)ccc1[N+](=O)[O-]. The average Bonchev–Trinajstić information content (AvgIpc) is 2.17. The standard InChI is InChI=1S/C9H9ClN2O3/c1-6-4-7(11-9(13)5-10)2-3-8(6)12(14)15/h2-4H,5H2,1H3,(H,11,13). The number of alkyl halides is 1. The Kier molecular flexibility index (Phi) is 3.62. The number of benzene rings is 1. The molecule has 0 unspecified atom stereocenters. The molecule has 5 nitrogen and oxygen atoms in total. The smallest absolute Gasteiger partial charge is 0.272 e. The molecule has 0 bridgehead atoms. The van der Waals surface area contributed by atoms with Crippen molar-refractivity contribution < 1.29 is 9.72 Å². The molecule has 0 saturated heterocycles. The lowest BCUT2D eigenvalue weighted by molar-refractivity contribution is -0.385. The van der Waals surface area contributed by atoms with Gasteiger partial charge in [-0.15, -0.1) is 11.6 Å². The Labute approximate surface area is 91.2 Å². The van der Waals surface area contributed by atoms with Crippen molar-refractivity contribution in [3.63, 3.8) is 0 Å². The fourth-order valence-corrected chi connectivity index (χ4v) is 1.20. The lowest BCUT2D eigenvalue weighted by Crippen LogP contribution is -2.12. The molecule has 0 spiro atoms. The number of carbonyl (C=O) groups is 1. The van der Waals surface area contributed by atoms with Gasteiger partial charge in [-0.3, -0.25) is 14.9 Å². The van der Waals surface area contributed by atoms with Crippen molar-refractivity contribution >= 4 is 28.9 Å². The van der Waals surface area contributed by atoms with Crippen LogP contribution in [0.25, 0.3) is 0 Å². The van der Waals surface area contributed by atoms with E-state index in [0.29, 0.717) is 11.3 Å². The molecule has 0 fully saturated rings. The zero-order valence-electron chi connectivity index (χ0n) is 7.99. The van der Waals surface area contributed by atoms with E-state index >= 15 is 0 Å². The largest absolute Gasteiger partial charge is 0.325 e. The normalized spacial score (nSPS) is 9.73. The molecule has 80 valence electrons. The van der Waals surface area contributed by atoms with Crippen LogP contribution < -0.4 is 5.32 Å². The topological polar surface area (TPSA) is 72.2 Å². The van der Waals surface area contributed by atoms with Gasteiger partial charge in [-0.1, -0.05) is 0 Å².